The summed E-state index contributed by atoms with van der Waals surface area (Å²) >= 11 is 6.40. The lowest BCUT2D eigenvalue weighted by atomic mass is 9.32. The van der Waals surface area contributed by atoms with Gasteiger partial charge in [0.25, 0.3) is 0 Å². The number of aliphatic hydroxyl groups is 2. The first kappa shape index (κ1) is 39.2. The quantitative estimate of drug-likeness (QED) is 0.169. The van der Waals surface area contributed by atoms with E-state index in [1.807, 2.05) is 30.3 Å². The van der Waals surface area contributed by atoms with Crippen molar-refractivity contribution in [2.24, 2.45) is 33.5 Å². The van der Waals surface area contributed by atoms with E-state index in [-0.39, 0.29) is 51.0 Å². The van der Waals surface area contributed by atoms with Crippen LogP contribution in [0.25, 0.3) is 11.3 Å². The molecule has 8 nitrogen and oxygen atoms in total. The number of β-amino-alcohol motifs (C(OH)–C–C–N with tert-alkyl or cyclic N) is 1. The first-order valence-electron chi connectivity index (χ1n) is 21.2. The van der Waals surface area contributed by atoms with Gasteiger partial charge < -0.3 is 29.7 Å². The Morgan fingerprint density at radius 1 is 0.932 bits per heavy atom. The van der Waals surface area contributed by atoms with Crippen molar-refractivity contribution in [3.63, 3.8) is 0 Å². The third kappa shape index (κ3) is 5.39. The summed E-state index contributed by atoms with van der Waals surface area (Å²) in [6, 6.07) is 16.1. The number of hydrogen-bond donors (Lipinski definition) is 3. The molecule has 1 unspecified atom stereocenters. The van der Waals surface area contributed by atoms with Crippen LogP contribution in [0.5, 0.6) is 0 Å². The van der Waals surface area contributed by atoms with Crippen molar-refractivity contribution < 1.29 is 37.4 Å². The SMILES string of the molecule is C[C@]12CC[C@H]3[C@]4(C=C[C@@]5(C=C4C(=O)c4ccc(-c6cc(C(F)(F)F)ccc6Cl)o4)CC(O)CC[C@]35C)[C@@H]1CC[C@@]2(O)CN1CCC2(CC1)C(=O)NCN2c1ccccc1. The van der Waals surface area contributed by atoms with Gasteiger partial charge in [-0.1, -0.05) is 61.9 Å². The Hall–Kier alpha value is -3.90. The highest BCUT2D eigenvalue weighted by Crippen LogP contribution is 2.78. The lowest BCUT2D eigenvalue weighted by Crippen LogP contribution is -2.67. The fourth-order valence-electron chi connectivity index (χ4n) is 13.7. The van der Waals surface area contributed by atoms with E-state index in [1.54, 1.807) is 0 Å². The Balaban J connectivity index is 0.977. The highest BCUT2D eigenvalue weighted by Gasteiger charge is 2.74. The van der Waals surface area contributed by atoms with Crippen LogP contribution < -0.4 is 10.2 Å². The van der Waals surface area contributed by atoms with Gasteiger partial charge in [0.05, 0.1) is 29.0 Å². The molecule has 12 heteroatoms. The van der Waals surface area contributed by atoms with E-state index in [4.69, 9.17) is 16.0 Å². The van der Waals surface area contributed by atoms with Crippen molar-refractivity contribution in [1.29, 1.82) is 0 Å². The Bertz CT molecular complexity index is 2290. The molecule has 11 rings (SSSR count). The van der Waals surface area contributed by atoms with E-state index in [0.29, 0.717) is 70.4 Å². The molecule has 312 valence electrons. The number of alkyl halides is 3. The predicted molar refractivity (Wildman–Crippen MR) is 217 cm³/mol. The van der Waals surface area contributed by atoms with Crippen LogP contribution in [0.4, 0.5) is 18.9 Å². The van der Waals surface area contributed by atoms with Crippen molar-refractivity contribution in [2.45, 2.75) is 95.1 Å². The monoisotopic (exact) mass is 829 g/mol. The van der Waals surface area contributed by atoms with E-state index in [2.05, 4.69) is 47.2 Å². The molecule has 8 atom stereocenters. The van der Waals surface area contributed by atoms with Crippen LogP contribution in [-0.4, -0.2) is 70.4 Å². The summed E-state index contributed by atoms with van der Waals surface area (Å²) in [5.41, 5.74) is -3.00. The van der Waals surface area contributed by atoms with E-state index >= 15 is 4.79 Å². The fourth-order valence-corrected chi connectivity index (χ4v) is 13.9. The Kier molecular flexibility index (Phi) is 8.68. The predicted octanol–water partition coefficient (Wildman–Crippen LogP) is 8.82. The maximum absolute atomic E-state index is 15.1. The molecule has 2 bridgehead atoms. The summed E-state index contributed by atoms with van der Waals surface area (Å²) in [7, 11) is 0. The number of aliphatic hydroxyl groups excluding tert-OH is 1. The summed E-state index contributed by atoms with van der Waals surface area (Å²) in [6.07, 6.45) is 7.59. The molecule has 2 aromatic carbocycles. The number of para-hydroxylation sites is 1. The number of nitrogens with zero attached hydrogens (tertiary/aromatic N) is 2. The minimum atomic E-state index is -4.59. The molecule has 5 fully saturated rings. The van der Waals surface area contributed by atoms with E-state index in [0.717, 1.165) is 37.1 Å². The zero-order valence-corrected chi connectivity index (χ0v) is 34.2. The number of halogens is 4. The van der Waals surface area contributed by atoms with Crippen LogP contribution in [-0.2, 0) is 11.0 Å². The Morgan fingerprint density at radius 2 is 1.64 bits per heavy atom. The number of rotatable bonds is 6. The molecular weight excluding hydrogens is 779 g/mol. The number of furan rings is 1. The fraction of sp³-hybridized carbons (Fsp3) is 0.532. The highest BCUT2D eigenvalue weighted by molar-refractivity contribution is 6.33. The molecule has 1 aromatic heterocycles. The largest absolute Gasteiger partial charge is 0.453 e. The highest BCUT2D eigenvalue weighted by atomic mass is 35.5. The second-order valence-electron chi connectivity index (χ2n) is 19.2. The second kappa shape index (κ2) is 13.1. The number of allylic oxidation sites excluding steroid dienone is 4. The first-order valence-corrected chi connectivity index (χ1v) is 21.6. The molecule has 8 aliphatic rings. The van der Waals surface area contributed by atoms with Crippen molar-refractivity contribution in [3.8, 4) is 11.3 Å². The van der Waals surface area contributed by atoms with E-state index in [1.165, 1.54) is 18.2 Å². The lowest BCUT2D eigenvalue weighted by Gasteiger charge is -2.71. The Morgan fingerprint density at radius 3 is 2.39 bits per heavy atom. The number of likely N-dealkylation sites (tertiary alicyclic amines) is 1. The van der Waals surface area contributed by atoms with Gasteiger partial charge in [0.15, 0.2) is 5.76 Å². The average Bonchev–Trinajstić information content (AvgIpc) is 3.90. The van der Waals surface area contributed by atoms with Crippen molar-refractivity contribution in [3.05, 3.63) is 101 Å². The molecule has 3 spiro atoms. The molecule has 0 radical (unpaired) electrons. The molecule has 3 heterocycles. The topological polar surface area (TPSA) is 106 Å². The van der Waals surface area contributed by atoms with Gasteiger partial charge in [-0.25, -0.2) is 0 Å². The van der Waals surface area contributed by atoms with Crippen LogP contribution in [0.15, 0.2) is 88.9 Å². The zero-order chi connectivity index (χ0) is 41.4. The van der Waals surface area contributed by atoms with Gasteiger partial charge in [-0.3, -0.25) is 9.59 Å². The number of carbonyl (C=O) groups is 2. The van der Waals surface area contributed by atoms with Crippen molar-refractivity contribution in [1.82, 2.24) is 10.2 Å². The number of amides is 1. The van der Waals surface area contributed by atoms with Gasteiger partial charge in [0.1, 0.15) is 11.3 Å². The van der Waals surface area contributed by atoms with Crippen LogP contribution >= 0.6 is 11.6 Å². The number of carbonyl (C=O) groups excluding carboxylic acids is 2. The van der Waals surface area contributed by atoms with E-state index < -0.39 is 45.2 Å². The van der Waals surface area contributed by atoms with Gasteiger partial charge >= 0.3 is 6.18 Å². The second-order valence-corrected chi connectivity index (χ2v) is 19.6. The first-order chi connectivity index (χ1) is 28.0. The van der Waals surface area contributed by atoms with Crippen LogP contribution in [0, 0.1) is 33.5 Å². The number of ketones is 1. The van der Waals surface area contributed by atoms with Gasteiger partial charge in [-0.05, 0) is 118 Å². The molecule has 3 saturated carbocycles. The van der Waals surface area contributed by atoms with Crippen LogP contribution in [0.2, 0.25) is 5.02 Å². The van der Waals surface area contributed by atoms with Crippen molar-refractivity contribution >= 4 is 29.0 Å². The maximum Gasteiger partial charge on any atom is 0.416 e. The summed E-state index contributed by atoms with van der Waals surface area (Å²) in [6.45, 7) is 6.80. The number of piperidine rings is 1. The standard InChI is InChI=1S/C47H51ClF3N3O5/c1-41-15-12-31(55)25-43(41)18-19-46(33(26-43)39(56)36-11-10-35(59-36)32-24-29(47(49,50)51)8-9-34(32)48)37(41)13-16-42(2)38(46)14-17-45(42,58)27-53-22-20-44(21-23-53)40(57)52-28-54(44)30-6-4-3-5-7-30/h3-11,18-19,24,26,31,37-38,55,58H,12-17,20-23,25,27-28H2,1-2H3,(H,52,57)/t31?,37-,38-,41-,42+,43+,45-,46-/m1/s1. The van der Waals surface area contributed by atoms with E-state index in [9.17, 15) is 28.2 Å². The molecule has 3 N–H and O–H groups in total. The minimum absolute atomic E-state index is 0.0199. The normalized spacial score (nSPS) is 37.2. The van der Waals surface area contributed by atoms with Gasteiger partial charge in [-0.2, -0.15) is 13.2 Å². The third-order valence-corrected chi connectivity index (χ3v) is 17.2. The molecule has 2 aliphatic heterocycles. The van der Waals surface area contributed by atoms with Crippen LogP contribution in [0.3, 0.4) is 0 Å². The number of fused-ring (bicyclic) bond motifs is 1. The number of hydrogen-bond acceptors (Lipinski definition) is 7. The Labute approximate surface area is 347 Å². The van der Waals surface area contributed by atoms with Crippen molar-refractivity contribution in [2.75, 3.05) is 31.2 Å². The lowest BCUT2D eigenvalue weighted by molar-refractivity contribution is -0.177. The number of nitrogens with one attached hydrogen (secondary N) is 1. The molecule has 6 aliphatic carbocycles. The molecular formula is C47H51ClF3N3O5. The average molecular weight is 830 g/mol. The molecule has 59 heavy (non-hydrogen) atoms. The van der Waals surface area contributed by atoms with Gasteiger partial charge in [-0.15, -0.1) is 0 Å². The molecule has 3 aromatic rings. The summed E-state index contributed by atoms with van der Waals surface area (Å²) < 4.78 is 47.3. The number of Topliss-reactive ketones (excluding diaryl/α,β-unsaturated/α-hetero) is 1. The maximum atomic E-state index is 15.1. The van der Waals surface area contributed by atoms with Crippen LogP contribution in [0.1, 0.15) is 87.8 Å². The molecule has 2 saturated heterocycles. The minimum Gasteiger partial charge on any atom is -0.453 e. The number of benzene rings is 2. The summed E-state index contributed by atoms with van der Waals surface area (Å²) in [4.78, 5) is 33.1. The van der Waals surface area contributed by atoms with Gasteiger partial charge in [0.2, 0.25) is 11.7 Å². The number of anilines is 1. The summed E-state index contributed by atoms with van der Waals surface area (Å²) in [5.74, 6) is -0.216. The zero-order valence-electron chi connectivity index (χ0n) is 33.5. The molecule has 1 amide bonds. The summed E-state index contributed by atoms with van der Waals surface area (Å²) in [5, 5.41) is 27.3. The smallest absolute Gasteiger partial charge is 0.416 e. The third-order valence-electron chi connectivity index (χ3n) is 16.9. The van der Waals surface area contributed by atoms with Gasteiger partial charge in [0, 0.05) is 52.7 Å².